The zero-order chi connectivity index (χ0) is 21.7. The van der Waals surface area contributed by atoms with E-state index in [0.29, 0.717) is 25.7 Å². The highest BCUT2D eigenvalue weighted by molar-refractivity contribution is 8.26. The third-order valence-electron chi connectivity index (χ3n) is 4.25. The summed E-state index contributed by atoms with van der Waals surface area (Å²) in [5.41, 5.74) is 1.59. The molecule has 0 spiro atoms. The summed E-state index contributed by atoms with van der Waals surface area (Å²) in [6, 6.07) is 12.7. The number of carboxylic acid groups (broad SMARTS) is 1. The van der Waals surface area contributed by atoms with Crippen LogP contribution in [0.25, 0.3) is 6.08 Å². The molecule has 1 saturated heterocycles. The molecule has 9 heteroatoms. The predicted molar refractivity (Wildman–Crippen MR) is 121 cm³/mol. The van der Waals surface area contributed by atoms with Crippen molar-refractivity contribution >= 4 is 57.9 Å². The Morgan fingerprint density at radius 3 is 2.73 bits per heavy atom. The maximum atomic E-state index is 12.5. The molecule has 0 aromatic heterocycles. The van der Waals surface area contributed by atoms with Crippen LogP contribution in [0.2, 0.25) is 5.02 Å². The van der Waals surface area contributed by atoms with Gasteiger partial charge in [-0.2, -0.15) is 0 Å². The number of carboxylic acids is 1. The summed E-state index contributed by atoms with van der Waals surface area (Å²) in [4.78, 5) is 25.0. The summed E-state index contributed by atoms with van der Waals surface area (Å²) in [6.45, 7) is 0.340. The molecule has 156 valence electrons. The number of methoxy groups -OCH3 is 1. The number of carbonyl (C=O) groups excluding carboxylic acids is 1. The Labute approximate surface area is 188 Å². The first-order chi connectivity index (χ1) is 14.4. The number of nitrogens with zero attached hydrogens (tertiary/aromatic N) is 1. The normalized spacial score (nSPS) is 15.0. The molecular formula is C21H18ClNO5S2. The molecule has 30 heavy (non-hydrogen) atoms. The van der Waals surface area contributed by atoms with E-state index in [2.05, 4.69) is 0 Å². The van der Waals surface area contributed by atoms with Crippen molar-refractivity contribution in [2.45, 2.75) is 13.0 Å². The molecule has 0 bridgehead atoms. The van der Waals surface area contributed by atoms with E-state index < -0.39 is 5.97 Å². The van der Waals surface area contributed by atoms with E-state index >= 15 is 0 Å². The molecule has 1 amide bonds. The quantitative estimate of drug-likeness (QED) is 0.452. The van der Waals surface area contributed by atoms with Gasteiger partial charge >= 0.3 is 5.97 Å². The van der Waals surface area contributed by atoms with Crippen LogP contribution in [0.4, 0.5) is 0 Å². The van der Waals surface area contributed by atoms with Crippen molar-refractivity contribution in [3.63, 3.8) is 0 Å². The lowest BCUT2D eigenvalue weighted by molar-refractivity contribution is -0.137. The lowest BCUT2D eigenvalue weighted by Crippen LogP contribution is -2.30. The molecule has 0 unspecified atom stereocenters. The van der Waals surface area contributed by atoms with Gasteiger partial charge in [0.2, 0.25) is 0 Å². The van der Waals surface area contributed by atoms with Crippen molar-refractivity contribution in [2.75, 3.05) is 13.7 Å². The van der Waals surface area contributed by atoms with Gasteiger partial charge in [0.15, 0.2) is 11.5 Å². The lowest BCUT2D eigenvalue weighted by atomic mass is 10.1. The van der Waals surface area contributed by atoms with E-state index in [1.54, 1.807) is 30.3 Å². The Morgan fingerprint density at radius 1 is 1.27 bits per heavy atom. The number of amides is 1. The topological polar surface area (TPSA) is 76.1 Å². The molecule has 2 aromatic carbocycles. The van der Waals surface area contributed by atoms with Crippen molar-refractivity contribution in [3.05, 3.63) is 63.5 Å². The third-order valence-corrected chi connectivity index (χ3v) is 6.00. The number of hydrogen-bond acceptors (Lipinski definition) is 6. The van der Waals surface area contributed by atoms with Crippen LogP contribution in [0.3, 0.4) is 0 Å². The highest BCUT2D eigenvalue weighted by Gasteiger charge is 2.32. The number of thioether (sulfide) groups is 1. The summed E-state index contributed by atoms with van der Waals surface area (Å²) in [5.74, 6) is -0.227. The van der Waals surface area contributed by atoms with Gasteiger partial charge in [0, 0.05) is 17.1 Å². The molecule has 3 rings (SSSR count). The lowest BCUT2D eigenvalue weighted by Gasteiger charge is -2.13. The number of rotatable bonds is 8. The van der Waals surface area contributed by atoms with Crippen molar-refractivity contribution < 1.29 is 24.2 Å². The molecule has 6 nitrogen and oxygen atoms in total. The maximum absolute atomic E-state index is 12.5. The molecule has 1 fully saturated rings. The second kappa shape index (κ2) is 9.97. The Kier molecular flexibility index (Phi) is 7.36. The molecule has 1 aliphatic heterocycles. The van der Waals surface area contributed by atoms with Crippen LogP contribution < -0.4 is 9.47 Å². The van der Waals surface area contributed by atoms with Crippen molar-refractivity contribution in [2.24, 2.45) is 0 Å². The standard InChI is InChI=1S/C21H18ClNO5S2/c1-27-17-10-13(6-7-16(17)28-12-14-4-2-3-5-15(14)22)11-18-20(26)23(21(29)30-18)9-8-19(24)25/h2-7,10-11H,8-9,12H2,1H3,(H,24,25)/b18-11+. The van der Waals surface area contributed by atoms with E-state index in [0.717, 1.165) is 22.9 Å². The molecule has 0 saturated carbocycles. The van der Waals surface area contributed by atoms with Gasteiger partial charge < -0.3 is 14.6 Å². The average Bonchev–Trinajstić information content (AvgIpc) is 2.98. The Bertz CT molecular complexity index is 1020. The minimum absolute atomic E-state index is 0.0511. The number of hydrogen-bond donors (Lipinski definition) is 1. The summed E-state index contributed by atoms with van der Waals surface area (Å²) >= 11 is 12.5. The zero-order valence-corrected chi connectivity index (χ0v) is 18.4. The average molecular weight is 464 g/mol. The molecular weight excluding hydrogens is 446 g/mol. The molecule has 1 N–H and O–H groups in total. The number of carbonyl (C=O) groups is 2. The first-order valence-corrected chi connectivity index (χ1v) is 10.5. The highest BCUT2D eigenvalue weighted by Crippen LogP contribution is 2.35. The molecule has 0 aliphatic carbocycles. The fraction of sp³-hybridized carbons (Fsp3) is 0.190. The van der Waals surface area contributed by atoms with Crippen LogP contribution >= 0.6 is 35.6 Å². The van der Waals surface area contributed by atoms with E-state index in [1.165, 1.54) is 12.0 Å². The largest absolute Gasteiger partial charge is 0.493 e. The van der Waals surface area contributed by atoms with Gasteiger partial charge in [0.1, 0.15) is 10.9 Å². The second-order valence-corrected chi connectivity index (χ2v) is 8.35. The summed E-state index contributed by atoms with van der Waals surface area (Å²) < 4.78 is 11.6. The molecule has 1 heterocycles. The number of benzene rings is 2. The number of ether oxygens (including phenoxy) is 2. The predicted octanol–water partition coefficient (Wildman–Crippen LogP) is 4.60. The van der Waals surface area contributed by atoms with Crippen LogP contribution in [0.5, 0.6) is 11.5 Å². The molecule has 0 radical (unpaired) electrons. The van der Waals surface area contributed by atoms with Crippen LogP contribution in [-0.4, -0.2) is 39.9 Å². The molecule has 2 aromatic rings. The molecule has 0 atom stereocenters. The highest BCUT2D eigenvalue weighted by atomic mass is 35.5. The van der Waals surface area contributed by atoms with Gasteiger partial charge in [-0.1, -0.05) is 59.8 Å². The van der Waals surface area contributed by atoms with Crippen molar-refractivity contribution in [1.29, 1.82) is 0 Å². The SMILES string of the molecule is COc1cc(/C=C2/SC(=S)N(CCC(=O)O)C2=O)ccc1OCc1ccccc1Cl. The molecule has 1 aliphatic rings. The smallest absolute Gasteiger partial charge is 0.305 e. The monoisotopic (exact) mass is 463 g/mol. The van der Waals surface area contributed by atoms with Crippen LogP contribution in [0, 0.1) is 0 Å². The van der Waals surface area contributed by atoms with E-state index in [4.69, 9.17) is 38.4 Å². The van der Waals surface area contributed by atoms with Crippen LogP contribution in [0.15, 0.2) is 47.4 Å². The van der Waals surface area contributed by atoms with Gasteiger partial charge in [-0.3, -0.25) is 14.5 Å². The fourth-order valence-electron chi connectivity index (χ4n) is 2.72. The van der Waals surface area contributed by atoms with Crippen molar-refractivity contribution in [3.8, 4) is 11.5 Å². The Morgan fingerprint density at radius 2 is 2.03 bits per heavy atom. The fourth-order valence-corrected chi connectivity index (χ4v) is 4.21. The van der Waals surface area contributed by atoms with E-state index in [9.17, 15) is 9.59 Å². The summed E-state index contributed by atoms with van der Waals surface area (Å²) in [6.07, 6.45) is 1.53. The van der Waals surface area contributed by atoms with E-state index in [-0.39, 0.29) is 25.5 Å². The van der Waals surface area contributed by atoms with Gasteiger partial charge in [-0.05, 0) is 29.8 Å². The Hall–Kier alpha value is -2.55. The summed E-state index contributed by atoms with van der Waals surface area (Å²) in [5, 5.41) is 9.45. The minimum Gasteiger partial charge on any atom is -0.493 e. The van der Waals surface area contributed by atoms with E-state index in [1.807, 2.05) is 18.2 Å². The Balaban J connectivity index is 1.74. The van der Waals surface area contributed by atoms with Crippen LogP contribution in [0.1, 0.15) is 17.5 Å². The number of thiocarbonyl (C=S) groups is 1. The second-order valence-electron chi connectivity index (χ2n) is 6.27. The van der Waals surface area contributed by atoms with Gasteiger partial charge in [-0.15, -0.1) is 0 Å². The van der Waals surface area contributed by atoms with Crippen LogP contribution in [-0.2, 0) is 16.2 Å². The number of aliphatic carboxylic acids is 1. The zero-order valence-electron chi connectivity index (χ0n) is 16.0. The third kappa shape index (κ3) is 5.33. The van der Waals surface area contributed by atoms with Gasteiger partial charge in [-0.25, -0.2) is 0 Å². The van der Waals surface area contributed by atoms with Gasteiger partial charge in [0.25, 0.3) is 5.91 Å². The first kappa shape index (κ1) is 22.1. The first-order valence-electron chi connectivity index (χ1n) is 8.90. The van der Waals surface area contributed by atoms with Gasteiger partial charge in [0.05, 0.1) is 18.4 Å². The minimum atomic E-state index is -0.981. The number of halogens is 1. The summed E-state index contributed by atoms with van der Waals surface area (Å²) in [7, 11) is 1.53. The van der Waals surface area contributed by atoms with Crippen molar-refractivity contribution in [1.82, 2.24) is 4.90 Å². The maximum Gasteiger partial charge on any atom is 0.305 e.